The predicted octanol–water partition coefficient (Wildman–Crippen LogP) is 4.26. The molecule has 1 aliphatic rings. The number of fused-ring (bicyclic) bond motifs is 2. The normalized spacial score (nSPS) is 18.0. The van der Waals surface area contributed by atoms with Crippen molar-refractivity contribution in [3.05, 3.63) is 41.0 Å². The van der Waals surface area contributed by atoms with Crippen LogP contribution in [0.4, 0.5) is 0 Å². The Hall–Kier alpha value is -1.61. The molecule has 1 atom stereocenters. The van der Waals surface area contributed by atoms with Gasteiger partial charge in [0.15, 0.2) is 0 Å². The standard InChI is InChI=1S/C17H17NOS/c1-10(2)16-14(9-19)8-13-7-12-6-4-5-11(3)15(12)18-17(13)20-16/h4-10,16H,1-3H3/t16-/m1/s1. The van der Waals surface area contributed by atoms with Gasteiger partial charge in [-0.2, -0.15) is 0 Å². The molecule has 0 saturated carbocycles. The first-order chi connectivity index (χ1) is 9.60. The van der Waals surface area contributed by atoms with Crippen LogP contribution in [0.1, 0.15) is 25.0 Å². The molecule has 1 aliphatic heterocycles. The highest BCUT2D eigenvalue weighted by molar-refractivity contribution is 8.00. The van der Waals surface area contributed by atoms with Crippen molar-refractivity contribution < 1.29 is 4.79 Å². The molecule has 0 fully saturated rings. The van der Waals surface area contributed by atoms with Crippen molar-refractivity contribution >= 4 is 35.0 Å². The quantitative estimate of drug-likeness (QED) is 0.772. The average Bonchev–Trinajstić information content (AvgIpc) is 2.44. The lowest BCUT2D eigenvalue weighted by molar-refractivity contribution is -0.105. The summed E-state index contributed by atoms with van der Waals surface area (Å²) >= 11 is 1.71. The minimum Gasteiger partial charge on any atom is -0.298 e. The molecule has 1 aromatic heterocycles. The van der Waals surface area contributed by atoms with Gasteiger partial charge in [-0.25, -0.2) is 4.98 Å². The van der Waals surface area contributed by atoms with E-state index in [1.165, 1.54) is 5.56 Å². The topological polar surface area (TPSA) is 30.0 Å². The molecule has 2 nitrogen and oxygen atoms in total. The number of rotatable bonds is 2. The SMILES string of the molecule is Cc1cccc2cc3c(nc12)S[C@H](C(C)C)C(C=O)=C3. The highest BCUT2D eigenvalue weighted by Gasteiger charge is 2.26. The molecule has 1 aromatic carbocycles. The number of aldehydes is 1. The molecule has 0 saturated heterocycles. The molecule has 0 amide bonds. The smallest absolute Gasteiger partial charge is 0.147 e. The van der Waals surface area contributed by atoms with Crippen LogP contribution in [0.2, 0.25) is 0 Å². The third-order valence-electron chi connectivity index (χ3n) is 3.67. The maximum absolute atomic E-state index is 11.3. The van der Waals surface area contributed by atoms with Crippen molar-refractivity contribution in [2.45, 2.75) is 31.0 Å². The van der Waals surface area contributed by atoms with Gasteiger partial charge in [-0.1, -0.05) is 43.8 Å². The van der Waals surface area contributed by atoms with Crippen molar-refractivity contribution in [2.75, 3.05) is 0 Å². The molecule has 0 unspecified atom stereocenters. The van der Waals surface area contributed by atoms with Crippen molar-refractivity contribution in [2.24, 2.45) is 5.92 Å². The van der Waals surface area contributed by atoms with Crippen molar-refractivity contribution in [3.63, 3.8) is 0 Å². The van der Waals surface area contributed by atoms with E-state index in [0.717, 1.165) is 33.4 Å². The van der Waals surface area contributed by atoms with Gasteiger partial charge in [-0.3, -0.25) is 4.79 Å². The molecule has 0 N–H and O–H groups in total. The van der Waals surface area contributed by atoms with Crippen LogP contribution in [0.25, 0.3) is 17.0 Å². The molecule has 0 radical (unpaired) electrons. The van der Waals surface area contributed by atoms with Crippen LogP contribution in [0.5, 0.6) is 0 Å². The zero-order valence-electron chi connectivity index (χ0n) is 11.9. The Kier molecular flexibility index (Phi) is 3.38. The highest BCUT2D eigenvalue weighted by atomic mass is 32.2. The fourth-order valence-corrected chi connectivity index (χ4v) is 3.79. The zero-order valence-corrected chi connectivity index (χ0v) is 12.7. The summed E-state index contributed by atoms with van der Waals surface area (Å²) in [6.07, 6.45) is 2.99. The first kappa shape index (κ1) is 13.4. The highest BCUT2D eigenvalue weighted by Crippen LogP contribution is 2.40. The average molecular weight is 283 g/mol. The lowest BCUT2D eigenvalue weighted by Gasteiger charge is -2.25. The van der Waals surface area contributed by atoms with E-state index in [4.69, 9.17) is 4.98 Å². The van der Waals surface area contributed by atoms with Gasteiger partial charge in [0.05, 0.1) is 5.52 Å². The van der Waals surface area contributed by atoms with Crippen molar-refractivity contribution in [1.29, 1.82) is 0 Å². The molecule has 0 aliphatic carbocycles. The Bertz CT molecular complexity index is 718. The monoisotopic (exact) mass is 283 g/mol. The van der Waals surface area contributed by atoms with Crippen LogP contribution in [-0.4, -0.2) is 16.5 Å². The van der Waals surface area contributed by atoms with Crippen LogP contribution in [0, 0.1) is 12.8 Å². The summed E-state index contributed by atoms with van der Waals surface area (Å²) in [4.78, 5) is 16.1. The number of carbonyl (C=O) groups excluding carboxylic acids is 1. The zero-order chi connectivity index (χ0) is 14.3. The summed E-state index contributed by atoms with van der Waals surface area (Å²) in [6.45, 7) is 6.38. The molecule has 3 heteroatoms. The summed E-state index contributed by atoms with van der Waals surface area (Å²) in [5.41, 5.74) is 4.18. The summed E-state index contributed by atoms with van der Waals surface area (Å²) in [7, 11) is 0. The number of carbonyl (C=O) groups is 1. The Morgan fingerprint density at radius 3 is 2.85 bits per heavy atom. The van der Waals surface area contributed by atoms with E-state index in [1.54, 1.807) is 11.8 Å². The number of aromatic nitrogens is 1. The second-order valence-electron chi connectivity index (χ2n) is 5.57. The minimum atomic E-state index is 0.203. The number of benzene rings is 1. The van der Waals surface area contributed by atoms with E-state index < -0.39 is 0 Å². The molecule has 0 bridgehead atoms. The predicted molar refractivity (Wildman–Crippen MR) is 85.0 cm³/mol. The largest absolute Gasteiger partial charge is 0.298 e. The van der Waals surface area contributed by atoms with Crippen molar-refractivity contribution in [1.82, 2.24) is 4.98 Å². The maximum Gasteiger partial charge on any atom is 0.147 e. The van der Waals surface area contributed by atoms with Gasteiger partial charge in [-0.15, -0.1) is 0 Å². The first-order valence-corrected chi connectivity index (χ1v) is 7.72. The van der Waals surface area contributed by atoms with Crippen LogP contribution in [0.3, 0.4) is 0 Å². The Morgan fingerprint density at radius 1 is 1.35 bits per heavy atom. The third-order valence-corrected chi connectivity index (χ3v) is 5.29. The van der Waals surface area contributed by atoms with Crippen LogP contribution < -0.4 is 0 Å². The number of aryl methyl sites for hydroxylation is 1. The van der Waals surface area contributed by atoms with E-state index in [2.05, 4.69) is 39.0 Å². The number of para-hydroxylation sites is 1. The van der Waals surface area contributed by atoms with E-state index >= 15 is 0 Å². The summed E-state index contributed by atoms with van der Waals surface area (Å²) < 4.78 is 0. The summed E-state index contributed by atoms with van der Waals surface area (Å²) in [5.74, 6) is 0.416. The molecule has 20 heavy (non-hydrogen) atoms. The van der Waals surface area contributed by atoms with Gasteiger partial charge in [0.25, 0.3) is 0 Å². The summed E-state index contributed by atoms with van der Waals surface area (Å²) in [6, 6.07) is 8.34. The number of nitrogens with zero attached hydrogens (tertiary/aromatic N) is 1. The van der Waals surface area contributed by atoms with Gasteiger partial charge in [0, 0.05) is 21.8 Å². The van der Waals surface area contributed by atoms with Gasteiger partial charge in [0.1, 0.15) is 11.3 Å². The first-order valence-electron chi connectivity index (χ1n) is 6.84. The lowest BCUT2D eigenvalue weighted by Crippen LogP contribution is -2.18. The minimum absolute atomic E-state index is 0.203. The molecule has 3 rings (SSSR count). The van der Waals surface area contributed by atoms with Crippen LogP contribution in [-0.2, 0) is 4.79 Å². The van der Waals surface area contributed by atoms with Gasteiger partial charge in [-0.05, 0) is 30.5 Å². The van der Waals surface area contributed by atoms with Gasteiger partial charge < -0.3 is 0 Å². The molecular formula is C17H17NOS. The van der Waals surface area contributed by atoms with Crippen LogP contribution >= 0.6 is 11.8 Å². The Morgan fingerprint density at radius 2 is 2.15 bits per heavy atom. The van der Waals surface area contributed by atoms with Crippen LogP contribution in [0.15, 0.2) is 34.9 Å². The molecule has 2 heterocycles. The Labute approximate surface area is 123 Å². The fraction of sp³-hybridized carbons (Fsp3) is 0.294. The van der Waals surface area contributed by atoms with Gasteiger partial charge in [0.2, 0.25) is 0 Å². The molecule has 2 aromatic rings. The number of pyridine rings is 1. The van der Waals surface area contributed by atoms with E-state index in [-0.39, 0.29) is 5.25 Å². The van der Waals surface area contributed by atoms with E-state index in [1.807, 2.05) is 12.1 Å². The molecular weight excluding hydrogens is 266 g/mol. The van der Waals surface area contributed by atoms with Crippen molar-refractivity contribution in [3.8, 4) is 0 Å². The molecule has 0 spiro atoms. The second-order valence-corrected chi connectivity index (χ2v) is 6.70. The third kappa shape index (κ3) is 2.16. The lowest BCUT2D eigenvalue weighted by atomic mass is 10.00. The number of thioether (sulfide) groups is 1. The fourth-order valence-electron chi connectivity index (χ4n) is 2.62. The Balaban J connectivity index is 2.20. The number of hydrogen-bond donors (Lipinski definition) is 0. The van der Waals surface area contributed by atoms with E-state index in [9.17, 15) is 4.79 Å². The van der Waals surface area contributed by atoms with E-state index in [0.29, 0.717) is 5.92 Å². The summed E-state index contributed by atoms with van der Waals surface area (Å²) in [5, 5.41) is 2.37. The molecule has 102 valence electrons. The number of hydrogen-bond acceptors (Lipinski definition) is 3. The maximum atomic E-state index is 11.3. The second kappa shape index (κ2) is 5.06. The van der Waals surface area contributed by atoms with Gasteiger partial charge >= 0.3 is 0 Å².